The average Bonchev–Trinajstić information content (AvgIpc) is 3.42. The molecule has 11 nitrogen and oxygen atoms in total. The van der Waals surface area contributed by atoms with E-state index in [0.29, 0.717) is 49.2 Å². The van der Waals surface area contributed by atoms with Crippen molar-refractivity contribution in [3.8, 4) is 23.1 Å². The Morgan fingerprint density at radius 2 is 1.61 bits per heavy atom. The maximum atomic E-state index is 12.7. The molecular weight excluding hydrogens is 426 g/mol. The molecule has 1 aromatic carbocycles. The van der Waals surface area contributed by atoms with E-state index in [1.54, 1.807) is 56.6 Å². The first kappa shape index (κ1) is 22.1. The van der Waals surface area contributed by atoms with Gasteiger partial charge in [0.25, 0.3) is 0 Å². The number of carbonyl (C=O) groups excluding carboxylic acids is 1. The normalized spacial score (nSPS) is 13.9. The van der Waals surface area contributed by atoms with E-state index in [4.69, 9.17) is 14.2 Å². The molecule has 0 radical (unpaired) electrons. The number of carbonyl (C=O) groups is 1. The highest BCUT2D eigenvalue weighted by atomic mass is 16.5. The molecule has 0 aliphatic carbocycles. The lowest BCUT2D eigenvalue weighted by Crippen LogP contribution is -2.48. The molecule has 2 aromatic heterocycles. The summed E-state index contributed by atoms with van der Waals surface area (Å²) in [6, 6.07) is 5.45. The molecule has 33 heavy (non-hydrogen) atoms. The minimum Gasteiger partial charge on any atom is -0.493 e. The van der Waals surface area contributed by atoms with Crippen molar-refractivity contribution in [2.45, 2.75) is 0 Å². The number of hydrogen-bond acceptors (Lipinski definition) is 9. The minimum absolute atomic E-state index is 0.0607. The van der Waals surface area contributed by atoms with Crippen LogP contribution in [0, 0.1) is 0 Å². The highest BCUT2D eigenvalue weighted by Crippen LogP contribution is 2.38. The van der Waals surface area contributed by atoms with Crippen molar-refractivity contribution in [1.82, 2.24) is 29.6 Å². The van der Waals surface area contributed by atoms with Crippen molar-refractivity contribution in [1.29, 1.82) is 0 Å². The first-order chi connectivity index (χ1) is 16.1. The average molecular weight is 451 g/mol. The fraction of sp³-hybridized carbons (Fsp3) is 0.318. The Hall–Kier alpha value is -4.15. The number of benzene rings is 1. The molecule has 0 atom stereocenters. The SMILES string of the molecule is COc1cc(/C=C/C(=O)N2CCN(c3cc(-n4cncn4)ncn3)CC2)cc(OC)c1OC. The molecule has 0 unspecified atom stereocenters. The number of hydrogen-bond donors (Lipinski definition) is 0. The van der Waals surface area contributed by atoms with Crippen LogP contribution >= 0.6 is 0 Å². The van der Waals surface area contributed by atoms with Crippen molar-refractivity contribution >= 4 is 17.8 Å². The van der Waals surface area contributed by atoms with Crippen LogP contribution in [0.3, 0.4) is 0 Å². The fourth-order valence-corrected chi connectivity index (χ4v) is 3.59. The maximum Gasteiger partial charge on any atom is 0.246 e. The molecule has 1 saturated heterocycles. The van der Waals surface area contributed by atoms with Gasteiger partial charge < -0.3 is 24.0 Å². The van der Waals surface area contributed by atoms with E-state index in [0.717, 1.165) is 11.4 Å². The van der Waals surface area contributed by atoms with E-state index in [1.807, 2.05) is 11.0 Å². The van der Waals surface area contributed by atoms with Gasteiger partial charge in [-0.25, -0.2) is 19.6 Å². The van der Waals surface area contributed by atoms with Crippen molar-refractivity contribution in [2.75, 3.05) is 52.4 Å². The summed E-state index contributed by atoms with van der Waals surface area (Å²) < 4.78 is 17.7. The van der Waals surface area contributed by atoms with E-state index in [-0.39, 0.29) is 5.91 Å². The van der Waals surface area contributed by atoms with Gasteiger partial charge in [-0.05, 0) is 23.8 Å². The third kappa shape index (κ3) is 4.86. The van der Waals surface area contributed by atoms with Crippen LogP contribution in [0.25, 0.3) is 11.9 Å². The quantitative estimate of drug-likeness (QED) is 0.493. The second-order valence-electron chi connectivity index (χ2n) is 7.18. The number of aromatic nitrogens is 5. The standard InChI is InChI=1S/C22H25N7O4/c1-31-17-10-16(11-18(32-2)22(17)33-3)4-5-21(30)28-8-6-27(7-9-28)19-12-20(25-14-24-19)29-15-23-13-26-29/h4-5,10-15H,6-9H2,1-3H3/b5-4+. The summed E-state index contributed by atoms with van der Waals surface area (Å²) in [7, 11) is 4.67. The molecule has 1 aliphatic heterocycles. The number of ether oxygens (including phenoxy) is 3. The molecular formula is C22H25N7O4. The molecule has 1 aliphatic rings. The van der Waals surface area contributed by atoms with Crippen molar-refractivity contribution in [3.05, 3.63) is 48.8 Å². The van der Waals surface area contributed by atoms with Gasteiger partial charge in [-0.15, -0.1) is 0 Å². The summed E-state index contributed by atoms with van der Waals surface area (Å²) in [6.07, 6.45) is 7.85. The number of methoxy groups -OCH3 is 3. The number of nitrogens with zero attached hydrogens (tertiary/aromatic N) is 7. The van der Waals surface area contributed by atoms with Crippen molar-refractivity contribution in [3.63, 3.8) is 0 Å². The van der Waals surface area contributed by atoms with E-state index < -0.39 is 0 Å². The van der Waals surface area contributed by atoms with Crippen molar-refractivity contribution in [2.24, 2.45) is 0 Å². The summed E-state index contributed by atoms with van der Waals surface area (Å²) >= 11 is 0. The van der Waals surface area contributed by atoms with Crippen LogP contribution in [-0.4, -0.2) is 83.0 Å². The Morgan fingerprint density at radius 1 is 0.909 bits per heavy atom. The lowest BCUT2D eigenvalue weighted by Gasteiger charge is -2.34. The van der Waals surface area contributed by atoms with Crippen LogP contribution in [0.2, 0.25) is 0 Å². The van der Waals surface area contributed by atoms with Crippen molar-refractivity contribution < 1.29 is 19.0 Å². The van der Waals surface area contributed by atoms with Gasteiger partial charge in [-0.1, -0.05) is 0 Å². The summed E-state index contributed by atoms with van der Waals surface area (Å²) in [5, 5.41) is 4.10. The van der Waals surface area contributed by atoms with Gasteiger partial charge in [-0.2, -0.15) is 5.10 Å². The largest absolute Gasteiger partial charge is 0.493 e. The van der Waals surface area contributed by atoms with E-state index >= 15 is 0 Å². The van der Waals surface area contributed by atoms with Crippen LogP contribution in [-0.2, 0) is 4.79 Å². The summed E-state index contributed by atoms with van der Waals surface area (Å²) in [5.74, 6) is 2.95. The fourth-order valence-electron chi connectivity index (χ4n) is 3.59. The van der Waals surface area contributed by atoms with Gasteiger partial charge in [-0.3, -0.25) is 4.79 Å². The lowest BCUT2D eigenvalue weighted by molar-refractivity contribution is -0.126. The zero-order valence-electron chi connectivity index (χ0n) is 18.7. The number of rotatable bonds is 7. The highest BCUT2D eigenvalue weighted by Gasteiger charge is 2.21. The minimum atomic E-state index is -0.0607. The Bertz CT molecular complexity index is 1100. The van der Waals surface area contributed by atoms with Gasteiger partial charge in [0.1, 0.15) is 24.8 Å². The summed E-state index contributed by atoms with van der Waals surface area (Å²) in [4.78, 5) is 29.2. The topological polar surface area (TPSA) is 108 Å². The lowest BCUT2D eigenvalue weighted by atomic mass is 10.1. The molecule has 11 heteroatoms. The molecule has 0 saturated carbocycles. The molecule has 4 rings (SSSR count). The Morgan fingerprint density at radius 3 is 2.21 bits per heavy atom. The molecule has 1 fully saturated rings. The number of amides is 1. The number of anilines is 1. The van der Waals surface area contributed by atoms with Crippen LogP contribution < -0.4 is 19.1 Å². The van der Waals surface area contributed by atoms with E-state index in [1.165, 1.54) is 12.7 Å². The van der Waals surface area contributed by atoms with Gasteiger partial charge >= 0.3 is 0 Å². The maximum absolute atomic E-state index is 12.7. The molecule has 3 aromatic rings. The highest BCUT2D eigenvalue weighted by molar-refractivity contribution is 5.92. The molecule has 3 heterocycles. The second-order valence-corrected chi connectivity index (χ2v) is 7.18. The zero-order chi connectivity index (χ0) is 23.2. The van der Waals surface area contributed by atoms with Gasteiger partial charge in [0.2, 0.25) is 11.7 Å². The van der Waals surface area contributed by atoms with Gasteiger partial charge in [0, 0.05) is 38.3 Å². The van der Waals surface area contributed by atoms with E-state index in [9.17, 15) is 4.79 Å². The molecule has 0 bridgehead atoms. The van der Waals surface area contributed by atoms with Gasteiger partial charge in [0.15, 0.2) is 17.3 Å². The smallest absolute Gasteiger partial charge is 0.246 e. The molecule has 172 valence electrons. The predicted molar refractivity (Wildman–Crippen MR) is 121 cm³/mol. The van der Waals surface area contributed by atoms with Crippen LogP contribution in [0.1, 0.15) is 5.56 Å². The Balaban J connectivity index is 1.39. The third-order valence-corrected chi connectivity index (χ3v) is 5.31. The van der Waals surface area contributed by atoms with E-state index in [2.05, 4.69) is 25.0 Å². The summed E-state index contributed by atoms with van der Waals surface area (Å²) in [6.45, 7) is 2.50. The Labute approximate surface area is 191 Å². The molecule has 0 N–H and O–H groups in total. The first-order valence-corrected chi connectivity index (χ1v) is 10.3. The second kappa shape index (κ2) is 9.98. The first-order valence-electron chi connectivity index (χ1n) is 10.3. The summed E-state index contributed by atoms with van der Waals surface area (Å²) in [5.41, 5.74) is 0.776. The van der Waals surface area contributed by atoms with Crippen LogP contribution in [0.4, 0.5) is 5.82 Å². The number of piperazine rings is 1. The molecule has 0 spiro atoms. The predicted octanol–water partition coefficient (Wildman–Crippen LogP) is 1.45. The van der Waals surface area contributed by atoms with Gasteiger partial charge in [0.05, 0.1) is 21.3 Å². The Kier molecular flexibility index (Phi) is 6.67. The third-order valence-electron chi connectivity index (χ3n) is 5.31. The molecule has 1 amide bonds. The van der Waals surface area contributed by atoms with Crippen LogP contribution in [0.5, 0.6) is 17.2 Å². The monoisotopic (exact) mass is 451 g/mol. The zero-order valence-corrected chi connectivity index (χ0v) is 18.7. The van der Waals surface area contributed by atoms with Crippen LogP contribution in [0.15, 0.2) is 43.3 Å².